The molecule has 0 aromatic carbocycles. The smallest absolute Gasteiger partial charge is 0.173 e. The van der Waals surface area contributed by atoms with Gasteiger partial charge in [-0.25, -0.2) is 0 Å². The topological polar surface area (TPSA) is 79.2 Å². The van der Waals surface area contributed by atoms with Crippen LogP contribution in [0.25, 0.3) is 0 Å². The molecule has 2 saturated heterocycles. The molecule has 7 rings (SSSR count). The van der Waals surface area contributed by atoms with Crippen LogP contribution in [0.4, 0.5) is 0 Å². The first-order valence-electron chi connectivity index (χ1n) is 14.5. The zero-order chi connectivity index (χ0) is 25.2. The maximum absolute atomic E-state index is 12.0. The molecule has 0 aromatic rings. The molecular weight excluding hydrogens is 440 g/mol. The third kappa shape index (κ3) is 2.42. The van der Waals surface area contributed by atoms with Gasteiger partial charge >= 0.3 is 0 Å². The lowest BCUT2D eigenvalue weighted by molar-refractivity contribution is -0.245. The van der Waals surface area contributed by atoms with Crippen LogP contribution in [0.1, 0.15) is 99.8 Å². The first-order valence-corrected chi connectivity index (χ1v) is 14.5. The van der Waals surface area contributed by atoms with Crippen LogP contribution in [-0.4, -0.2) is 51.1 Å². The molecule has 5 heteroatoms. The van der Waals surface area contributed by atoms with Gasteiger partial charge in [0.2, 0.25) is 0 Å². The fourth-order valence-electron chi connectivity index (χ4n) is 12.7. The summed E-state index contributed by atoms with van der Waals surface area (Å²) in [7, 11) is 0. The minimum atomic E-state index is -0.938. The lowest BCUT2D eigenvalue weighted by Gasteiger charge is -2.64. The first-order chi connectivity index (χ1) is 16.1. The maximum Gasteiger partial charge on any atom is 0.173 e. The second-order valence-corrected chi connectivity index (χ2v) is 16.1. The van der Waals surface area contributed by atoms with Crippen molar-refractivity contribution in [2.24, 2.45) is 50.7 Å². The molecule has 5 aliphatic carbocycles. The molecule has 7 aliphatic rings. The van der Waals surface area contributed by atoms with Gasteiger partial charge in [0.1, 0.15) is 6.10 Å². The van der Waals surface area contributed by atoms with Crippen LogP contribution in [0.5, 0.6) is 0 Å². The fraction of sp³-hybridized carbons (Fsp3) is 1.00. The minimum Gasteiger partial charge on any atom is -0.393 e. The van der Waals surface area contributed by atoms with Crippen molar-refractivity contribution in [1.29, 1.82) is 0 Å². The van der Waals surface area contributed by atoms with E-state index in [1.807, 2.05) is 13.8 Å². The van der Waals surface area contributed by atoms with E-state index >= 15 is 0 Å². The van der Waals surface area contributed by atoms with Crippen molar-refractivity contribution in [2.75, 3.05) is 0 Å². The van der Waals surface area contributed by atoms with Crippen LogP contribution in [0.2, 0.25) is 0 Å². The first kappa shape index (κ1) is 23.9. The van der Waals surface area contributed by atoms with E-state index in [9.17, 15) is 15.3 Å². The van der Waals surface area contributed by atoms with Crippen LogP contribution in [0.15, 0.2) is 0 Å². The summed E-state index contributed by atoms with van der Waals surface area (Å²) >= 11 is 0. The van der Waals surface area contributed by atoms with Crippen LogP contribution in [-0.2, 0) is 9.47 Å². The molecular formula is C30H48O5. The molecule has 0 aromatic heterocycles. The number of fused-ring (bicyclic) bond motifs is 4. The summed E-state index contributed by atoms with van der Waals surface area (Å²) in [6.45, 7) is 15.5. The van der Waals surface area contributed by atoms with Gasteiger partial charge in [-0.05, 0) is 104 Å². The van der Waals surface area contributed by atoms with Gasteiger partial charge in [0, 0.05) is 12.3 Å². The second-order valence-electron chi connectivity index (χ2n) is 16.1. The van der Waals surface area contributed by atoms with Gasteiger partial charge in [0.15, 0.2) is 5.79 Å². The summed E-state index contributed by atoms with van der Waals surface area (Å²) in [5.41, 5.74) is -0.674. The van der Waals surface area contributed by atoms with E-state index in [0.29, 0.717) is 11.8 Å². The molecule has 2 heterocycles. The monoisotopic (exact) mass is 488 g/mol. The quantitative estimate of drug-likeness (QED) is 0.500. The number of aliphatic hydroxyl groups excluding tert-OH is 2. The zero-order valence-corrected chi connectivity index (χ0v) is 22.9. The van der Waals surface area contributed by atoms with Gasteiger partial charge in [-0.1, -0.05) is 34.6 Å². The molecule has 0 radical (unpaired) electrons. The molecule has 3 N–H and O–H groups in total. The standard InChI is InChI=1S/C30H48O5/c1-16-12-18-23(25(4,5)33)35-30(34-18)14-27(7)22-17(31)13-19-24(2,3)20(32)8-9-28(19)15-29(22,28)11-10-26(27,6)21(16)30/h16-23,31-33H,8-15H2,1-7H3/t16-,17+,18-,19+,20+,21-,22?,23+,26-,27+,28-,29+,30-/m1/s1. The highest BCUT2D eigenvalue weighted by Gasteiger charge is 2.87. The van der Waals surface area contributed by atoms with Crippen molar-refractivity contribution in [3.63, 3.8) is 0 Å². The summed E-state index contributed by atoms with van der Waals surface area (Å²) in [6, 6.07) is 0. The van der Waals surface area contributed by atoms with Gasteiger partial charge < -0.3 is 24.8 Å². The summed E-state index contributed by atoms with van der Waals surface area (Å²) in [5.74, 6) is 0.733. The van der Waals surface area contributed by atoms with Crippen LogP contribution >= 0.6 is 0 Å². The lowest BCUT2D eigenvalue weighted by Crippen LogP contribution is -2.62. The van der Waals surface area contributed by atoms with Crippen molar-refractivity contribution in [2.45, 2.75) is 136 Å². The Bertz CT molecular complexity index is 957. The van der Waals surface area contributed by atoms with E-state index < -0.39 is 11.4 Å². The van der Waals surface area contributed by atoms with Crippen LogP contribution < -0.4 is 0 Å². The van der Waals surface area contributed by atoms with Crippen LogP contribution in [0.3, 0.4) is 0 Å². The predicted octanol–water partition coefficient (Wildman–Crippen LogP) is 4.66. The molecule has 0 amide bonds. The van der Waals surface area contributed by atoms with E-state index in [2.05, 4.69) is 34.6 Å². The van der Waals surface area contributed by atoms with Crippen molar-refractivity contribution in [3.8, 4) is 0 Å². The molecule has 198 valence electrons. The van der Waals surface area contributed by atoms with E-state index in [1.165, 1.54) is 12.8 Å². The van der Waals surface area contributed by atoms with E-state index in [1.54, 1.807) is 0 Å². The van der Waals surface area contributed by atoms with Gasteiger partial charge in [-0.2, -0.15) is 0 Å². The highest BCUT2D eigenvalue weighted by Crippen LogP contribution is 2.90. The number of aliphatic hydroxyl groups is 3. The van der Waals surface area contributed by atoms with Gasteiger partial charge in [-0.3, -0.25) is 0 Å². The fourth-order valence-corrected chi connectivity index (χ4v) is 12.7. The Morgan fingerprint density at radius 2 is 1.54 bits per heavy atom. The highest BCUT2D eigenvalue weighted by molar-refractivity contribution is 5.33. The summed E-state index contributed by atoms with van der Waals surface area (Å²) in [6.07, 6.45) is 7.16. The van der Waals surface area contributed by atoms with Gasteiger partial charge in [0.05, 0.1) is 23.9 Å². The van der Waals surface area contributed by atoms with Crippen molar-refractivity contribution in [1.82, 2.24) is 0 Å². The largest absolute Gasteiger partial charge is 0.393 e. The van der Waals surface area contributed by atoms with Gasteiger partial charge in [0.25, 0.3) is 0 Å². The second kappa shape index (κ2) is 6.33. The molecule has 5 nitrogen and oxygen atoms in total. The van der Waals surface area contributed by atoms with E-state index in [-0.39, 0.29) is 63.3 Å². The number of hydrogen-bond acceptors (Lipinski definition) is 5. The normalized spacial score (nSPS) is 63.9. The summed E-state index contributed by atoms with van der Waals surface area (Å²) < 4.78 is 13.7. The van der Waals surface area contributed by atoms with Crippen molar-refractivity contribution < 1.29 is 24.8 Å². The van der Waals surface area contributed by atoms with Crippen LogP contribution in [0, 0.1) is 50.7 Å². The SMILES string of the molecule is C[C@@H]1C[C@H]2O[C@]3(C[C@@]4(C)C5[C@@H](O)C[C@H]6C(C)(C)[C@@H](O)CC[C@@]67C[C@@]57CC[C@]4(C)[C@@H]13)O[C@@H]2C(C)(C)O. The Morgan fingerprint density at radius 1 is 0.829 bits per heavy atom. The Hall–Kier alpha value is -0.200. The molecule has 1 unspecified atom stereocenters. The molecule has 7 fully saturated rings. The number of rotatable bonds is 1. The maximum atomic E-state index is 12.0. The van der Waals surface area contributed by atoms with Crippen molar-refractivity contribution >= 4 is 0 Å². The Kier molecular flexibility index (Phi) is 4.32. The number of ether oxygens (including phenoxy) is 2. The van der Waals surface area contributed by atoms with Crippen molar-refractivity contribution in [3.05, 3.63) is 0 Å². The average molecular weight is 489 g/mol. The molecule has 13 atom stereocenters. The molecule has 2 bridgehead atoms. The minimum absolute atomic E-state index is 0.0308. The third-order valence-electron chi connectivity index (χ3n) is 14.0. The predicted molar refractivity (Wildman–Crippen MR) is 132 cm³/mol. The third-order valence-corrected chi connectivity index (χ3v) is 14.0. The van der Waals surface area contributed by atoms with E-state index in [0.717, 1.165) is 38.5 Å². The van der Waals surface area contributed by atoms with E-state index in [4.69, 9.17) is 9.47 Å². The Morgan fingerprint density at radius 3 is 2.23 bits per heavy atom. The molecule has 5 saturated carbocycles. The lowest BCUT2D eigenvalue weighted by atomic mass is 9.41. The highest BCUT2D eigenvalue weighted by atomic mass is 16.8. The molecule has 35 heavy (non-hydrogen) atoms. The molecule has 3 spiro atoms. The Balaban J connectivity index is 1.32. The summed E-state index contributed by atoms with van der Waals surface area (Å²) in [4.78, 5) is 0. The van der Waals surface area contributed by atoms with Gasteiger partial charge in [-0.15, -0.1) is 0 Å². The molecule has 2 aliphatic heterocycles. The Labute approximate surface area is 211 Å². The average Bonchev–Trinajstić information content (AvgIpc) is 3.20. The summed E-state index contributed by atoms with van der Waals surface area (Å²) in [5, 5.41) is 33.9. The zero-order valence-electron chi connectivity index (χ0n) is 22.9. The number of hydrogen-bond donors (Lipinski definition) is 3.